The van der Waals surface area contributed by atoms with Crippen molar-refractivity contribution in [2.45, 2.75) is 37.6 Å². The number of nitrogens with two attached hydrogens (primary N) is 1. The molecule has 0 saturated carbocycles. The molecule has 136 valence electrons. The smallest absolute Gasteiger partial charge is 0.238 e. The first kappa shape index (κ1) is 18.3. The number of fused-ring (bicyclic) bond motifs is 1. The number of para-hydroxylation sites is 2. The monoisotopic (exact) mass is 371 g/mol. The van der Waals surface area contributed by atoms with Crippen LogP contribution in [0.3, 0.4) is 0 Å². The number of rotatable bonds is 7. The first-order valence-electron chi connectivity index (χ1n) is 8.50. The van der Waals surface area contributed by atoms with Gasteiger partial charge in [0.05, 0.1) is 22.5 Å². The first-order chi connectivity index (χ1) is 12.4. The summed E-state index contributed by atoms with van der Waals surface area (Å²) >= 11 is 0. The molecule has 3 aromatic rings. The average Bonchev–Trinajstić information content (AvgIpc) is 2.97. The topological polar surface area (TPSA) is 95.0 Å². The number of hydrogen-bond donors (Lipinski definition) is 1. The van der Waals surface area contributed by atoms with E-state index in [9.17, 15) is 13.2 Å². The predicted molar refractivity (Wildman–Crippen MR) is 100 cm³/mol. The number of imidazole rings is 1. The molecule has 0 spiro atoms. The fraction of sp³-hybridized carbons (Fsp3) is 0.263. The number of aryl methyl sites for hydroxylation is 1. The van der Waals surface area contributed by atoms with Gasteiger partial charge in [-0.05, 0) is 42.8 Å². The highest BCUT2D eigenvalue weighted by molar-refractivity contribution is 7.89. The van der Waals surface area contributed by atoms with Crippen LogP contribution in [0.2, 0.25) is 0 Å². The number of carbonyl (C=O) groups is 1. The van der Waals surface area contributed by atoms with Gasteiger partial charge in [0.2, 0.25) is 10.0 Å². The molecule has 1 aromatic heterocycles. The molecule has 0 fully saturated rings. The van der Waals surface area contributed by atoms with E-state index < -0.39 is 10.0 Å². The number of hydrogen-bond acceptors (Lipinski definition) is 4. The highest BCUT2D eigenvalue weighted by Gasteiger charge is 2.15. The van der Waals surface area contributed by atoms with Gasteiger partial charge >= 0.3 is 0 Å². The molecule has 0 aliphatic heterocycles. The van der Waals surface area contributed by atoms with Gasteiger partial charge in [-0.2, -0.15) is 0 Å². The number of benzene rings is 2. The van der Waals surface area contributed by atoms with Gasteiger partial charge in [-0.25, -0.2) is 18.5 Å². The Balaban J connectivity index is 1.91. The number of ketones is 1. The zero-order valence-corrected chi connectivity index (χ0v) is 15.4. The van der Waals surface area contributed by atoms with Gasteiger partial charge in [0.1, 0.15) is 5.82 Å². The van der Waals surface area contributed by atoms with E-state index >= 15 is 0 Å². The molecule has 6 nitrogen and oxygen atoms in total. The number of nitrogens with zero attached hydrogens (tertiary/aromatic N) is 2. The van der Waals surface area contributed by atoms with Crippen LogP contribution in [0, 0.1) is 0 Å². The Hall–Kier alpha value is -2.51. The van der Waals surface area contributed by atoms with Crippen molar-refractivity contribution in [2.24, 2.45) is 5.14 Å². The third kappa shape index (κ3) is 3.84. The molecule has 26 heavy (non-hydrogen) atoms. The molecule has 3 rings (SSSR count). The lowest BCUT2D eigenvalue weighted by molar-refractivity contribution is 0.0972. The zero-order valence-electron chi connectivity index (χ0n) is 14.6. The molecular weight excluding hydrogens is 350 g/mol. The molecule has 0 amide bonds. The molecule has 0 saturated heterocycles. The van der Waals surface area contributed by atoms with Gasteiger partial charge in [-0.15, -0.1) is 0 Å². The second kappa shape index (κ2) is 7.39. The fourth-order valence-electron chi connectivity index (χ4n) is 2.89. The third-order valence-corrected chi connectivity index (χ3v) is 5.22. The molecule has 2 aromatic carbocycles. The molecule has 0 aliphatic carbocycles. The van der Waals surface area contributed by atoms with Crippen molar-refractivity contribution in [3.63, 3.8) is 0 Å². The van der Waals surface area contributed by atoms with Crippen molar-refractivity contribution in [1.29, 1.82) is 0 Å². The largest absolute Gasteiger partial charge is 0.320 e. The van der Waals surface area contributed by atoms with Crippen molar-refractivity contribution in [2.75, 3.05) is 0 Å². The van der Waals surface area contributed by atoms with Crippen molar-refractivity contribution in [3.05, 3.63) is 59.9 Å². The molecule has 0 aliphatic rings. The van der Waals surface area contributed by atoms with Crippen LogP contribution < -0.4 is 5.14 Å². The number of aromatic nitrogens is 2. The van der Waals surface area contributed by atoms with Crippen molar-refractivity contribution < 1.29 is 13.2 Å². The Morgan fingerprint density at radius 1 is 1.12 bits per heavy atom. The second-order valence-corrected chi connectivity index (χ2v) is 7.76. The quantitative estimate of drug-likeness (QED) is 0.646. The Kier molecular flexibility index (Phi) is 5.20. The lowest BCUT2D eigenvalue weighted by Gasteiger charge is -2.09. The maximum atomic E-state index is 12.7. The highest BCUT2D eigenvalue weighted by Crippen LogP contribution is 2.19. The van der Waals surface area contributed by atoms with Gasteiger partial charge in [-0.1, -0.05) is 25.5 Å². The van der Waals surface area contributed by atoms with E-state index in [1.165, 1.54) is 24.3 Å². The van der Waals surface area contributed by atoms with Gasteiger partial charge < -0.3 is 4.57 Å². The summed E-state index contributed by atoms with van der Waals surface area (Å²) in [6, 6.07) is 13.4. The standard InChI is InChI=1S/C19H21N3O3S/c1-2-3-8-19-21-16-6-4-5-7-17(16)22(19)13-18(23)14-9-11-15(12-10-14)26(20,24)25/h4-7,9-12H,2-3,8,13H2,1H3,(H2,20,24,25). The SMILES string of the molecule is CCCCc1nc2ccccc2n1CC(=O)c1ccc(S(N)(=O)=O)cc1. The minimum absolute atomic E-state index is 0.00855. The summed E-state index contributed by atoms with van der Waals surface area (Å²) in [7, 11) is -3.77. The normalized spacial score (nSPS) is 11.8. The third-order valence-electron chi connectivity index (χ3n) is 4.29. The van der Waals surface area contributed by atoms with Crippen molar-refractivity contribution in [3.8, 4) is 0 Å². The summed E-state index contributed by atoms with van der Waals surface area (Å²) in [5, 5.41) is 5.10. The summed E-state index contributed by atoms with van der Waals surface area (Å²) < 4.78 is 24.6. The van der Waals surface area contributed by atoms with Crippen LogP contribution in [0.15, 0.2) is 53.4 Å². The van der Waals surface area contributed by atoms with Crippen LogP contribution in [0.1, 0.15) is 35.9 Å². The molecule has 0 radical (unpaired) electrons. The van der Waals surface area contributed by atoms with E-state index in [2.05, 4.69) is 11.9 Å². The molecular formula is C19H21N3O3S. The van der Waals surface area contributed by atoms with E-state index in [1.807, 2.05) is 28.8 Å². The maximum Gasteiger partial charge on any atom is 0.238 e. The van der Waals surface area contributed by atoms with E-state index in [-0.39, 0.29) is 17.2 Å². The minimum Gasteiger partial charge on any atom is -0.320 e. The van der Waals surface area contributed by atoms with Crippen LogP contribution in [0.4, 0.5) is 0 Å². The Labute approximate surface area is 152 Å². The van der Waals surface area contributed by atoms with Crippen LogP contribution in [-0.2, 0) is 23.0 Å². The molecule has 0 unspecified atom stereocenters. The molecule has 7 heteroatoms. The number of primary sulfonamides is 1. The molecule has 0 atom stereocenters. The second-order valence-electron chi connectivity index (χ2n) is 6.20. The Bertz CT molecular complexity index is 1040. The van der Waals surface area contributed by atoms with Crippen LogP contribution >= 0.6 is 0 Å². The van der Waals surface area contributed by atoms with Crippen LogP contribution in [-0.4, -0.2) is 23.8 Å². The van der Waals surface area contributed by atoms with Gasteiger partial charge in [0, 0.05) is 12.0 Å². The van der Waals surface area contributed by atoms with Crippen LogP contribution in [0.5, 0.6) is 0 Å². The van der Waals surface area contributed by atoms with E-state index in [0.717, 1.165) is 36.1 Å². The van der Waals surface area contributed by atoms with Gasteiger partial charge in [0.15, 0.2) is 5.78 Å². The number of sulfonamides is 1. The van der Waals surface area contributed by atoms with Gasteiger partial charge in [-0.3, -0.25) is 4.79 Å². The van der Waals surface area contributed by atoms with Crippen molar-refractivity contribution in [1.82, 2.24) is 9.55 Å². The maximum absolute atomic E-state index is 12.7. The molecule has 1 heterocycles. The lowest BCUT2D eigenvalue weighted by Crippen LogP contribution is -2.15. The predicted octanol–water partition coefficient (Wildman–Crippen LogP) is 2.91. The van der Waals surface area contributed by atoms with E-state index in [1.54, 1.807) is 0 Å². The summed E-state index contributed by atoms with van der Waals surface area (Å²) in [5.74, 6) is 0.787. The summed E-state index contributed by atoms with van der Waals surface area (Å²) in [6.07, 6.45) is 2.86. The van der Waals surface area contributed by atoms with Gasteiger partial charge in [0.25, 0.3) is 0 Å². The summed E-state index contributed by atoms with van der Waals surface area (Å²) in [5.41, 5.74) is 2.24. The van der Waals surface area contributed by atoms with E-state index in [4.69, 9.17) is 5.14 Å². The molecule has 2 N–H and O–H groups in total. The van der Waals surface area contributed by atoms with E-state index in [0.29, 0.717) is 5.56 Å². The first-order valence-corrected chi connectivity index (χ1v) is 10.0. The Morgan fingerprint density at radius 3 is 2.46 bits per heavy atom. The fourth-order valence-corrected chi connectivity index (χ4v) is 3.41. The highest BCUT2D eigenvalue weighted by atomic mass is 32.2. The lowest BCUT2D eigenvalue weighted by atomic mass is 10.1. The zero-order chi connectivity index (χ0) is 18.7. The number of carbonyl (C=O) groups excluding carboxylic acids is 1. The number of Topliss-reactive ketones (excluding diaryl/α,β-unsaturated/α-hetero) is 1. The Morgan fingerprint density at radius 2 is 1.81 bits per heavy atom. The summed E-state index contributed by atoms with van der Waals surface area (Å²) in [4.78, 5) is 17.4. The summed E-state index contributed by atoms with van der Waals surface area (Å²) in [6.45, 7) is 2.28. The van der Waals surface area contributed by atoms with Crippen molar-refractivity contribution >= 4 is 26.8 Å². The average molecular weight is 371 g/mol. The minimum atomic E-state index is -3.77. The van der Waals surface area contributed by atoms with Crippen LogP contribution in [0.25, 0.3) is 11.0 Å². The molecule has 0 bridgehead atoms. The number of unbranched alkanes of at least 4 members (excludes halogenated alkanes) is 1.